The molecule has 0 bridgehead atoms. The Morgan fingerprint density at radius 3 is 2.24 bits per heavy atom. The zero-order valence-electron chi connectivity index (χ0n) is 39.0. The van der Waals surface area contributed by atoms with Crippen molar-refractivity contribution in [3.05, 3.63) is 46.0 Å². The normalized spacial score (nSPS) is 37.9. The summed E-state index contributed by atoms with van der Waals surface area (Å²) in [4.78, 5) is 52.8. The number of nitrogens with one attached hydrogen (secondary N) is 2. The van der Waals surface area contributed by atoms with Gasteiger partial charge in [0.25, 0.3) is 5.91 Å². The van der Waals surface area contributed by atoms with Gasteiger partial charge in [0.2, 0.25) is 0 Å². The predicted octanol–water partition coefficient (Wildman–Crippen LogP) is 10.1. The zero-order chi connectivity index (χ0) is 45.4. The van der Waals surface area contributed by atoms with Crippen molar-refractivity contribution in [2.24, 2.45) is 73.7 Å². The lowest BCUT2D eigenvalue weighted by Crippen LogP contribution is -2.66. The lowest BCUT2D eigenvalue weighted by molar-refractivity contribution is -0.236. The molecule has 11 heteroatoms. The molecule has 0 aliphatic heterocycles. The first kappa shape index (κ1) is 47.2. The van der Waals surface area contributed by atoms with Crippen LogP contribution >= 0.6 is 11.6 Å². The molecule has 0 heterocycles. The third-order valence-corrected chi connectivity index (χ3v) is 19.3. The van der Waals surface area contributed by atoms with Gasteiger partial charge in [-0.1, -0.05) is 79.5 Å². The monoisotopic (exact) mass is 880 g/mol. The van der Waals surface area contributed by atoms with Gasteiger partial charge < -0.3 is 26.2 Å². The summed E-state index contributed by atoms with van der Waals surface area (Å²) in [6, 6.07) is 6.41. The third-order valence-electron chi connectivity index (χ3n) is 19.0. The fourth-order valence-electron chi connectivity index (χ4n) is 15.3. The molecule has 9 nitrogen and oxygen atoms in total. The number of alkyl halides is 1. The average Bonchev–Trinajstić information content (AvgIpc) is 3.49. The highest BCUT2D eigenvalue weighted by atomic mass is 35.5. The molecule has 5 fully saturated rings. The second-order valence-corrected chi connectivity index (χ2v) is 23.4. The highest BCUT2D eigenvalue weighted by Crippen LogP contribution is 2.77. The molecule has 1 aromatic rings. The first-order valence-electron chi connectivity index (χ1n) is 23.8. The van der Waals surface area contributed by atoms with E-state index in [1.807, 2.05) is 13.8 Å². The third kappa shape index (κ3) is 7.59. The van der Waals surface area contributed by atoms with Crippen molar-refractivity contribution in [3.8, 4) is 0 Å². The lowest BCUT2D eigenvalue weighted by atomic mass is 9.33. The molecule has 6 aliphatic rings. The topological polar surface area (TPSA) is 148 Å². The summed E-state index contributed by atoms with van der Waals surface area (Å²) in [5, 5.41) is 16.2. The molecule has 0 aromatic heterocycles. The van der Waals surface area contributed by atoms with E-state index in [0.29, 0.717) is 54.8 Å². The number of halogens is 2. The van der Waals surface area contributed by atoms with Crippen LogP contribution in [-0.2, 0) is 19.1 Å². The summed E-state index contributed by atoms with van der Waals surface area (Å²) in [6.45, 7) is 21.1. The first-order chi connectivity index (χ1) is 28.9. The van der Waals surface area contributed by atoms with E-state index in [9.17, 15) is 24.3 Å². The lowest BCUT2D eigenvalue weighted by Gasteiger charge is -2.72. The van der Waals surface area contributed by atoms with Gasteiger partial charge in [0, 0.05) is 40.8 Å². The molecule has 62 heavy (non-hydrogen) atoms. The van der Waals surface area contributed by atoms with Gasteiger partial charge in [-0.15, -0.1) is 0 Å². The van der Waals surface area contributed by atoms with Gasteiger partial charge in [-0.2, -0.15) is 0 Å². The van der Waals surface area contributed by atoms with Crippen LogP contribution in [-0.4, -0.2) is 60.3 Å². The Hall–Kier alpha value is -2.82. The fourth-order valence-corrected chi connectivity index (χ4v) is 15.4. The minimum absolute atomic E-state index is 0.00682. The van der Waals surface area contributed by atoms with E-state index in [4.69, 9.17) is 22.1 Å². The highest BCUT2D eigenvalue weighted by molar-refractivity contribution is 6.30. The van der Waals surface area contributed by atoms with Crippen molar-refractivity contribution >= 4 is 35.2 Å². The van der Waals surface area contributed by atoms with E-state index in [1.165, 1.54) is 5.57 Å². The van der Waals surface area contributed by atoms with Crippen LogP contribution in [0.5, 0.6) is 0 Å². The Balaban J connectivity index is 1.07. The van der Waals surface area contributed by atoms with Crippen LogP contribution in [0, 0.1) is 68.0 Å². The molecular weight excluding hydrogens is 805 g/mol. The van der Waals surface area contributed by atoms with Crippen molar-refractivity contribution in [3.63, 3.8) is 0 Å². The molecule has 1 amide bonds. The Kier molecular flexibility index (Phi) is 12.6. The van der Waals surface area contributed by atoms with Gasteiger partial charge in [0.1, 0.15) is 6.10 Å². The number of carboxylic acid groups (broad SMARTS) is 1. The van der Waals surface area contributed by atoms with Gasteiger partial charge in [-0.05, 0) is 159 Å². The van der Waals surface area contributed by atoms with Crippen molar-refractivity contribution < 1.29 is 33.4 Å². The second kappa shape index (κ2) is 16.6. The number of nitrogens with two attached hydrogens (primary N) is 1. The van der Waals surface area contributed by atoms with Gasteiger partial charge in [-0.3, -0.25) is 19.2 Å². The quantitative estimate of drug-likeness (QED) is 0.0821. The molecule has 6 aliphatic carbocycles. The number of rotatable bonds is 14. The SMILES string of the molecule is CC(C)C1=C2[C@H]3CC[C@@H]4[C@@]5(C)CC[C@H](OC(=O)[C@H]6C[C@@H](C(=O)O)C6(C)C)C(C)(C)[C@@H]5CC[C@@]4(C)[C@]3(C)CC[C@@]2(CCNCC(F)(CCCN)NC(=O)c2ccc(Cl)cc2)CC1=O. The number of carbonyl (C=O) groups is 4. The number of allylic oxidation sites excluding steroid dienone is 2. The molecule has 344 valence electrons. The standard InChI is InChI=1S/C51H75ClFN3O6/c1-30(2)40-36(57)28-50(24-26-55-29-51(53,19-10-25-54)56-42(58)31-11-13-32(52)14-12-31)23-22-48(8)33(41(40)50)15-16-38-47(7)20-18-39(46(5,6)37(47)17-21-49(38,48)9)62-44(61)35-27-34(43(59)60)45(35,3)4/h11-14,30,33-35,37-39,55H,10,15-29,54H2,1-9H3,(H,56,58)(H,59,60)/t33-,34+,35-,37+,38-,39+,47+,48-,49-,50-,51?/m1/s1. The predicted molar refractivity (Wildman–Crippen MR) is 241 cm³/mol. The maximum atomic E-state index is 16.5. The van der Waals surface area contributed by atoms with Crippen molar-refractivity contribution in [2.45, 2.75) is 158 Å². The number of esters is 1. The summed E-state index contributed by atoms with van der Waals surface area (Å²) < 4.78 is 23.0. The van der Waals surface area contributed by atoms with Gasteiger partial charge in [-0.25, -0.2) is 4.39 Å². The molecule has 1 unspecified atom stereocenters. The average molecular weight is 881 g/mol. The molecule has 0 radical (unpaired) electrons. The maximum absolute atomic E-state index is 16.5. The highest BCUT2D eigenvalue weighted by Gasteiger charge is 2.70. The Labute approximate surface area is 375 Å². The second-order valence-electron chi connectivity index (χ2n) is 23.0. The number of ketones is 1. The van der Waals surface area contributed by atoms with E-state index in [2.05, 4.69) is 59.1 Å². The number of carboxylic acids is 1. The van der Waals surface area contributed by atoms with E-state index < -0.39 is 34.9 Å². The molecule has 5 saturated carbocycles. The van der Waals surface area contributed by atoms with Crippen LogP contribution in [0.2, 0.25) is 5.02 Å². The maximum Gasteiger partial charge on any atom is 0.309 e. The number of hydrogen-bond donors (Lipinski definition) is 4. The Morgan fingerprint density at radius 2 is 1.61 bits per heavy atom. The minimum Gasteiger partial charge on any atom is -0.481 e. The van der Waals surface area contributed by atoms with Crippen LogP contribution in [0.1, 0.15) is 156 Å². The van der Waals surface area contributed by atoms with Crippen molar-refractivity contribution in [1.29, 1.82) is 0 Å². The van der Waals surface area contributed by atoms with Gasteiger partial charge in [0.15, 0.2) is 11.6 Å². The number of benzene rings is 1. The molecule has 5 N–H and O–H groups in total. The summed E-state index contributed by atoms with van der Waals surface area (Å²) in [7, 11) is 0. The van der Waals surface area contributed by atoms with Crippen molar-refractivity contribution in [1.82, 2.24) is 10.6 Å². The molecule has 7 rings (SSSR count). The van der Waals surface area contributed by atoms with E-state index in [-0.39, 0.29) is 69.7 Å². The zero-order valence-corrected chi connectivity index (χ0v) is 39.7. The fraction of sp³-hybridized carbons (Fsp3) is 0.765. The summed E-state index contributed by atoms with van der Waals surface area (Å²) in [6.07, 6.45) is 9.89. The van der Waals surface area contributed by atoms with Crippen LogP contribution in [0.15, 0.2) is 35.4 Å². The molecule has 1 aromatic carbocycles. The van der Waals surface area contributed by atoms with Crippen LogP contribution in [0.25, 0.3) is 0 Å². The number of fused-ring (bicyclic) bond motifs is 7. The number of amides is 1. The van der Waals surface area contributed by atoms with Crippen LogP contribution in [0.4, 0.5) is 4.39 Å². The first-order valence-corrected chi connectivity index (χ1v) is 24.2. The minimum atomic E-state index is -2.00. The number of hydrogen-bond acceptors (Lipinski definition) is 7. The smallest absolute Gasteiger partial charge is 0.309 e. The summed E-state index contributed by atoms with van der Waals surface area (Å²) in [5.74, 6) is -2.96. The number of ether oxygens (including phenoxy) is 1. The molecule has 0 spiro atoms. The molecule has 0 saturated heterocycles. The number of aliphatic carboxylic acids is 1. The summed E-state index contributed by atoms with van der Waals surface area (Å²) in [5.41, 5.74) is 7.53. The largest absolute Gasteiger partial charge is 0.481 e. The Bertz CT molecular complexity index is 1970. The molecular formula is C51H75ClFN3O6. The van der Waals surface area contributed by atoms with E-state index >= 15 is 4.39 Å². The van der Waals surface area contributed by atoms with E-state index in [1.54, 1.807) is 24.3 Å². The van der Waals surface area contributed by atoms with Crippen molar-refractivity contribution in [2.75, 3.05) is 19.6 Å². The van der Waals surface area contributed by atoms with Gasteiger partial charge in [0.05, 0.1) is 11.8 Å². The number of Topliss-reactive ketones (excluding diaryl/α,β-unsaturated/α-hetero) is 1. The molecule has 11 atom stereocenters. The van der Waals surface area contributed by atoms with E-state index in [0.717, 1.165) is 63.4 Å². The Morgan fingerprint density at radius 1 is 0.919 bits per heavy atom. The van der Waals surface area contributed by atoms with Gasteiger partial charge >= 0.3 is 11.9 Å². The van der Waals surface area contributed by atoms with Crippen LogP contribution in [0.3, 0.4) is 0 Å². The van der Waals surface area contributed by atoms with Crippen LogP contribution < -0.4 is 16.4 Å². The summed E-state index contributed by atoms with van der Waals surface area (Å²) >= 11 is 6.03. The number of carbonyl (C=O) groups excluding carboxylic acids is 3.